The topological polar surface area (TPSA) is 60.2 Å². The summed E-state index contributed by atoms with van der Waals surface area (Å²) in [6.45, 7) is 5.63. The third-order valence-electron chi connectivity index (χ3n) is 2.27. The molecule has 4 heteroatoms. The predicted octanol–water partition coefficient (Wildman–Crippen LogP) is 2.46. The lowest BCUT2D eigenvalue weighted by molar-refractivity contribution is -0.489. The molecule has 0 unspecified atom stereocenters. The van der Waals surface area contributed by atoms with Gasteiger partial charge in [-0.15, -0.1) is 0 Å². The van der Waals surface area contributed by atoms with Crippen LogP contribution in [0, 0.1) is 22.0 Å². The highest BCUT2D eigenvalue weighted by Gasteiger charge is 2.23. The van der Waals surface area contributed by atoms with Crippen molar-refractivity contribution in [1.82, 2.24) is 0 Å². The quantitative estimate of drug-likeness (QED) is 0.282. The maximum atomic E-state index is 10.9. The van der Waals surface area contributed by atoms with E-state index in [9.17, 15) is 14.9 Å². The minimum atomic E-state index is -0.338. The summed E-state index contributed by atoms with van der Waals surface area (Å²) in [6.07, 6.45) is 4.21. The lowest BCUT2D eigenvalue weighted by atomic mass is 9.88. The van der Waals surface area contributed by atoms with Gasteiger partial charge in [-0.25, -0.2) is 0 Å². The SMILES string of the molecule is CCC[C@@H](C[N+](=O)[O-])[C@H](C=O)C=C(C)C. The van der Waals surface area contributed by atoms with E-state index in [1.807, 2.05) is 26.8 Å². The van der Waals surface area contributed by atoms with Crippen molar-refractivity contribution in [2.75, 3.05) is 6.54 Å². The van der Waals surface area contributed by atoms with Crippen LogP contribution in [0.1, 0.15) is 33.6 Å². The summed E-state index contributed by atoms with van der Waals surface area (Å²) in [4.78, 5) is 21.0. The van der Waals surface area contributed by atoms with Crippen LogP contribution in [0.3, 0.4) is 0 Å². The minimum Gasteiger partial charge on any atom is -0.303 e. The van der Waals surface area contributed by atoms with Crippen LogP contribution in [0.2, 0.25) is 0 Å². The number of allylic oxidation sites excluding steroid dienone is 2. The molecule has 0 saturated carbocycles. The molecule has 15 heavy (non-hydrogen) atoms. The Bertz CT molecular complexity index is 244. The standard InChI is InChI=1S/C11H19NO3/c1-4-5-10(7-12(14)15)11(8-13)6-9(2)3/h6,8,10-11H,4-5,7H2,1-3H3/t10-,11-/m0/s1. The Morgan fingerprint density at radius 3 is 2.40 bits per heavy atom. The van der Waals surface area contributed by atoms with Crippen LogP contribution in [0.5, 0.6) is 0 Å². The molecule has 0 radical (unpaired) electrons. The van der Waals surface area contributed by atoms with Gasteiger partial charge in [-0.3, -0.25) is 10.1 Å². The molecule has 0 fully saturated rings. The molecular formula is C11H19NO3. The molecule has 0 spiro atoms. The first-order valence-corrected chi connectivity index (χ1v) is 5.23. The van der Waals surface area contributed by atoms with E-state index in [2.05, 4.69) is 0 Å². The van der Waals surface area contributed by atoms with E-state index in [1.54, 1.807) is 0 Å². The van der Waals surface area contributed by atoms with Crippen molar-refractivity contribution in [1.29, 1.82) is 0 Å². The van der Waals surface area contributed by atoms with Gasteiger partial charge in [0.25, 0.3) is 0 Å². The Morgan fingerprint density at radius 2 is 2.07 bits per heavy atom. The highest BCUT2D eigenvalue weighted by molar-refractivity contribution is 5.57. The Hall–Kier alpha value is -1.19. The monoisotopic (exact) mass is 213 g/mol. The van der Waals surface area contributed by atoms with Crippen molar-refractivity contribution in [3.63, 3.8) is 0 Å². The van der Waals surface area contributed by atoms with Crippen LogP contribution >= 0.6 is 0 Å². The predicted molar refractivity (Wildman–Crippen MR) is 59.2 cm³/mol. The van der Waals surface area contributed by atoms with Crippen molar-refractivity contribution in [2.24, 2.45) is 11.8 Å². The fourth-order valence-corrected chi connectivity index (χ4v) is 1.64. The van der Waals surface area contributed by atoms with Crippen LogP contribution in [0.25, 0.3) is 0 Å². The normalized spacial score (nSPS) is 14.1. The smallest absolute Gasteiger partial charge is 0.207 e. The Labute approximate surface area is 90.5 Å². The summed E-state index contributed by atoms with van der Waals surface area (Å²) < 4.78 is 0. The first-order chi connectivity index (χ1) is 7.01. The molecule has 0 aliphatic heterocycles. The summed E-state index contributed by atoms with van der Waals surface area (Å²) in [6, 6.07) is 0. The van der Waals surface area contributed by atoms with E-state index >= 15 is 0 Å². The number of carbonyl (C=O) groups is 1. The number of aldehydes is 1. The summed E-state index contributed by atoms with van der Waals surface area (Å²) in [7, 11) is 0. The molecule has 4 nitrogen and oxygen atoms in total. The van der Waals surface area contributed by atoms with Gasteiger partial charge in [0, 0.05) is 16.8 Å². The van der Waals surface area contributed by atoms with E-state index in [4.69, 9.17) is 0 Å². The van der Waals surface area contributed by atoms with Gasteiger partial charge in [0.2, 0.25) is 6.54 Å². The Balaban J connectivity index is 4.60. The van der Waals surface area contributed by atoms with Crippen LogP contribution in [-0.4, -0.2) is 17.8 Å². The summed E-state index contributed by atoms with van der Waals surface area (Å²) in [5, 5.41) is 10.5. The van der Waals surface area contributed by atoms with Crippen molar-refractivity contribution >= 4 is 6.29 Å². The average molecular weight is 213 g/mol. The van der Waals surface area contributed by atoms with Gasteiger partial charge < -0.3 is 4.79 Å². The maximum Gasteiger partial charge on any atom is 0.207 e. The lowest BCUT2D eigenvalue weighted by Gasteiger charge is -2.16. The summed E-state index contributed by atoms with van der Waals surface area (Å²) in [5.74, 6) is -0.488. The lowest BCUT2D eigenvalue weighted by Crippen LogP contribution is -2.23. The number of hydrogen-bond donors (Lipinski definition) is 0. The molecule has 0 aromatic rings. The zero-order valence-corrected chi connectivity index (χ0v) is 9.60. The van der Waals surface area contributed by atoms with Gasteiger partial charge >= 0.3 is 0 Å². The number of nitro groups is 1. The molecule has 0 heterocycles. The van der Waals surface area contributed by atoms with Crippen molar-refractivity contribution in [3.05, 3.63) is 21.8 Å². The fraction of sp³-hybridized carbons (Fsp3) is 0.727. The van der Waals surface area contributed by atoms with Crippen molar-refractivity contribution in [2.45, 2.75) is 33.6 Å². The van der Waals surface area contributed by atoms with Crippen LogP contribution < -0.4 is 0 Å². The van der Waals surface area contributed by atoms with Gasteiger partial charge in [-0.05, 0) is 20.3 Å². The van der Waals surface area contributed by atoms with Gasteiger partial charge in [-0.1, -0.05) is 25.0 Å². The second-order valence-electron chi connectivity index (χ2n) is 4.02. The van der Waals surface area contributed by atoms with Gasteiger partial charge in [0.05, 0.1) is 0 Å². The van der Waals surface area contributed by atoms with Crippen LogP contribution in [-0.2, 0) is 4.79 Å². The molecule has 0 N–H and O–H groups in total. The molecule has 0 aromatic heterocycles. The zero-order chi connectivity index (χ0) is 11.8. The average Bonchev–Trinajstić information content (AvgIpc) is 2.12. The molecule has 0 saturated heterocycles. The van der Waals surface area contributed by atoms with Crippen LogP contribution in [0.4, 0.5) is 0 Å². The molecule has 86 valence electrons. The summed E-state index contributed by atoms with van der Waals surface area (Å²) >= 11 is 0. The fourth-order valence-electron chi connectivity index (χ4n) is 1.64. The second-order valence-corrected chi connectivity index (χ2v) is 4.02. The highest BCUT2D eigenvalue weighted by atomic mass is 16.6. The molecule has 2 atom stereocenters. The number of rotatable bonds is 7. The van der Waals surface area contributed by atoms with E-state index < -0.39 is 0 Å². The van der Waals surface area contributed by atoms with Gasteiger partial charge in [-0.2, -0.15) is 0 Å². The van der Waals surface area contributed by atoms with Gasteiger partial charge in [0.15, 0.2) is 0 Å². The molecule has 0 bridgehead atoms. The van der Waals surface area contributed by atoms with E-state index in [1.165, 1.54) is 0 Å². The maximum absolute atomic E-state index is 10.9. The molecular weight excluding hydrogens is 194 g/mol. The first kappa shape index (κ1) is 13.8. The molecule has 0 aliphatic rings. The number of carbonyl (C=O) groups excluding carboxylic acids is 1. The first-order valence-electron chi connectivity index (χ1n) is 5.23. The van der Waals surface area contributed by atoms with Crippen molar-refractivity contribution < 1.29 is 9.72 Å². The second kappa shape index (κ2) is 7.15. The van der Waals surface area contributed by atoms with Crippen molar-refractivity contribution in [3.8, 4) is 0 Å². The Morgan fingerprint density at radius 1 is 1.47 bits per heavy atom. The third-order valence-corrected chi connectivity index (χ3v) is 2.27. The minimum absolute atomic E-state index is 0.124. The molecule has 0 rings (SSSR count). The van der Waals surface area contributed by atoms with Crippen LogP contribution in [0.15, 0.2) is 11.6 Å². The van der Waals surface area contributed by atoms with E-state index in [0.717, 1.165) is 18.3 Å². The Kier molecular flexibility index (Phi) is 6.58. The number of hydrogen-bond acceptors (Lipinski definition) is 3. The summed E-state index contributed by atoms with van der Waals surface area (Å²) in [5.41, 5.74) is 1.02. The van der Waals surface area contributed by atoms with Gasteiger partial charge in [0.1, 0.15) is 6.29 Å². The highest BCUT2D eigenvalue weighted by Crippen LogP contribution is 2.19. The molecule has 0 aliphatic carbocycles. The van der Waals surface area contributed by atoms with E-state index in [-0.39, 0.29) is 23.3 Å². The third kappa shape index (κ3) is 5.99. The molecule has 0 aromatic carbocycles. The van der Waals surface area contributed by atoms with E-state index in [0.29, 0.717) is 6.42 Å². The zero-order valence-electron chi connectivity index (χ0n) is 9.60. The molecule has 0 amide bonds. The number of nitrogens with zero attached hydrogens (tertiary/aromatic N) is 1. The largest absolute Gasteiger partial charge is 0.303 e.